The minimum absolute atomic E-state index is 0.149. The summed E-state index contributed by atoms with van der Waals surface area (Å²) in [5, 5.41) is 9.08. The Morgan fingerprint density at radius 3 is 2.18 bits per heavy atom. The molecule has 3 aliphatic rings. The molecule has 1 saturated heterocycles. The van der Waals surface area contributed by atoms with E-state index in [1.807, 2.05) is 12.1 Å². The van der Waals surface area contributed by atoms with Crippen LogP contribution in [-0.2, 0) is 26.8 Å². The number of para-hydroxylation sites is 2. The fraction of sp³-hybridized carbons (Fsp3) is 0.265. The van der Waals surface area contributed by atoms with Gasteiger partial charge in [-0.3, -0.25) is 19.5 Å². The van der Waals surface area contributed by atoms with Crippen LogP contribution >= 0.6 is 0 Å². The van der Waals surface area contributed by atoms with Gasteiger partial charge in [0.2, 0.25) is 0 Å². The van der Waals surface area contributed by atoms with Gasteiger partial charge in [0.1, 0.15) is 25.9 Å². The molecule has 5 heterocycles. The number of nitrogens with two attached hydrogens (primary N) is 1. The Labute approximate surface area is 282 Å². The number of nitrogens with zero attached hydrogens (tertiary/aromatic N) is 4. The third kappa shape index (κ3) is 7.82. The predicted molar refractivity (Wildman–Crippen MR) is 175 cm³/mol. The lowest BCUT2D eigenvalue weighted by atomic mass is 10.1. The number of hydrogen-bond donors (Lipinski definition) is 2. The monoisotopic (exact) mass is 684 g/mol. The maximum Gasteiger partial charge on any atom is 0.410 e. The van der Waals surface area contributed by atoms with E-state index in [2.05, 4.69) is 16.0 Å². The first-order valence-electron chi connectivity index (χ1n) is 15.1. The largest absolute Gasteiger partial charge is 0.485 e. The molecule has 3 aliphatic heterocycles. The molecule has 4 aromatic rings. The van der Waals surface area contributed by atoms with Gasteiger partial charge in [0, 0.05) is 51.9 Å². The summed E-state index contributed by atoms with van der Waals surface area (Å²) in [6, 6.07) is 16.0. The molecule has 2 amide bonds. The number of aromatic nitrogens is 2. The van der Waals surface area contributed by atoms with Crippen LogP contribution in [0.3, 0.4) is 0 Å². The summed E-state index contributed by atoms with van der Waals surface area (Å²) in [5.74, 6) is 1.39. The van der Waals surface area contributed by atoms with Crippen molar-refractivity contribution in [3.63, 3.8) is 0 Å². The van der Waals surface area contributed by atoms with Crippen LogP contribution < -0.4 is 24.7 Å². The third-order valence-electron chi connectivity index (χ3n) is 7.68. The number of nitrogens with one attached hydrogen (secondary N) is 1. The molecule has 0 bridgehead atoms. The molecule has 49 heavy (non-hydrogen) atoms. The second-order valence-electron chi connectivity index (χ2n) is 11.5. The van der Waals surface area contributed by atoms with E-state index in [0.717, 1.165) is 22.3 Å². The van der Waals surface area contributed by atoms with Crippen molar-refractivity contribution in [1.29, 1.82) is 10.0 Å². The third-order valence-corrected chi connectivity index (χ3v) is 8.56. The summed E-state index contributed by atoms with van der Waals surface area (Å²) in [5.41, 5.74) is 9.31. The lowest BCUT2D eigenvalue weighted by Crippen LogP contribution is -2.25. The average Bonchev–Trinajstić information content (AvgIpc) is 3.50. The summed E-state index contributed by atoms with van der Waals surface area (Å²) < 4.78 is 47.4. The molecule has 0 spiro atoms. The smallest absolute Gasteiger partial charge is 0.410 e. The second kappa shape index (κ2) is 14.1. The summed E-state index contributed by atoms with van der Waals surface area (Å²) in [6.45, 7) is 1.89. The van der Waals surface area contributed by atoms with E-state index in [9.17, 15) is 13.8 Å². The first kappa shape index (κ1) is 33.0. The molecule has 2 unspecified atom stereocenters. The van der Waals surface area contributed by atoms with E-state index >= 15 is 0 Å². The highest BCUT2D eigenvalue weighted by Gasteiger charge is 2.28. The summed E-state index contributed by atoms with van der Waals surface area (Å²) >= 11 is 0. The van der Waals surface area contributed by atoms with Crippen molar-refractivity contribution in [3.05, 3.63) is 107 Å². The number of nitriles is 1. The van der Waals surface area contributed by atoms with Crippen molar-refractivity contribution in [2.24, 2.45) is 5.73 Å². The number of cyclic esters (lactones) is 1. The van der Waals surface area contributed by atoms with Crippen LogP contribution in [0.1, 0.15) is 50.4 Å². The van der Waals surface area contributed by atoms with Gasteiger partial charge < -0.3 is 34.3 Å². The fourth-order valence-corrected chi connectivity index (χ4v) is 6.25. The van der Waals surface area contributed by atoms with E-state index in [0.29, 0.717) is 53.8 Å². The van der Waals surface area contributed by atoms with Crippen LogP contribution in [0.5, 0.6) is 23.0 Å². The predicted octanol–water partition coefficient (Wildman–Crippen LogP) is 4.29. The molecule has 14 nitrogen and oxygen atoms in total. The molecule has 0 radical (unpaired) electrons. The molecular weight excluding hydrogens is 652 g/mol. The highest BCUT2D eigenvalue weighted by molar-refractivity contribution is 7.90. The molecule has 3 N–H and O–H groups in total. The summed E-state index contributed by atoms with van der Waals surface area (Å²) in [6.07, 6.45) is 7.02. The number of carbonyl (C=O) groups excluding carboxylic acids is 2. The molecule has 252 valence electrons. The maximum atomic E-state index is 11.6. The van der Waals surface area contributed by atoms with Crippen LogP contribution in [0.2, 0.25) is 0 Å². The molecule has 3 atom stereocenters. The van der Waals surface area contributed by atoms with Gasteiger partial charge in [-0.25, -0.2) is 9.00 Å². The molecule has 7 rings (SSSR count). The number of rotatable bonds is 7. The maximum absolute atomic E-state index is 11.6. The van der Waals surface area contributed by atoms with Crippen LogP contribution in [0.4, 0.5) is 4.79 Å². The van der Waals surface area contributed by atoms with E-state index in [-0.39, 0.29) is 37.3 Å². The fourth-order valence-electron chi connectivity index (χ4n) is 5.46. The summed E-state index contributed by atoms with van der Waals surface area (Å²) in [4.78, 5) is 33.1. The van der Waals surface area contributed by atoms with E-state index in [4.69, 9.17) is 39.5 Å². The van der Waals surface area contributed by atoms with Gasteiger partial charge in [0.25, 0.3) is 5.91 Å². The Bertz CT molecular complexity index is 2050. The number of fused-ring (bicyclic) bond motifs is 2. The molecule has 1 fully saturated rings. The number of amides is 2. The van der Waals surface area contributed by atoms with Gasteiger partial charge in [-0.05, 0) is 47.5 Å². The standard InChI is InChI=1S/C18H17N3O5.C16H15N3O3S/c19-17(22)13-2-1-3-14-16(13)25-10-15(26-14)12-6-11(7-20-8-12)9-21-4-5-24-18(21)23;1-23(18,20)10-11-5-13(8-19-7-11)15-9-21-16-12(6-17)3-2-4-14(16)22-15/h1-3,6-8,15H,4-5,9-10H2,(H2,19,22);2-5,7-8,15,18H,9-10H2,1H3/t;15?,23-/m.1/s1. The van der Waals surface area contributed by atoms with Crippen LogP contribution in [0.25, 0.3) is 0 Å². The normalized spacial score (nSPS) is 18.6. The van der Waals surface area contributed by atoms with E-state index < -0.39 is 15.6 Å². The lowest BCUT2D eigenvalue weighted by Gasteiger charge is -2.28. The highest BCUT2D eigenvalue weighted by atomic mass is 32.2. The summed E-state index contributed by atoms with van der Waals surface area (Å²) in [7, 11) is -2.63. The first-order chi connectivity index (χ1) is 23.6. The van der Waals surface area contributed by atoms with E-state index in [1.165, 1.54) is 6.26 Å². The van der Waals surface area contributed by atoms with Gasteiger partial charge in [0.15, 0.2) is 35.2 Å². The number of pyridine rings is 2. The molecule has 2 aromatic carbocycles. The molecule has 15 heteroatoms. The van der Waals surface area contributed by atoms with Gasteiger partial charge in [-0.2, -0.15) is 5.26 Å². The number of benzene rings is 2. The topological polar surface area (TPSA) is 200 Å². The Morgan fingerprint density at radius 2 is 1.57 bits per heavy atom. The highest BCUT2D eigenvalue weighted by Crippen LogP contribution is 2.40. The minimum Gasteiger partial charge on any atom is -0.485 e. The van der Waals surface area contributed by atoms with Crippen LogP contribution in [-0.4, -0.2) is 63.7 Å². The van der Waals surface area contributed by atoms with E-state index in [1.54, 1.807) is 66.1 Å². The Balaban J connectivity index is 0.000000171. The average molecular weight is 685 g/mol. The molecular formula is C34H32N6O8S. The zero-order chi connectivity index (χ0) is 34.5. The SMILES string of the molecule is C[S@@](=N)(=O)Cc1cncc(C2COc3c(C#N)cccc3O2)c1.NC(=O)c1cccc2c1OCC(c1cncc(CN3CCOC3=O)c1)O2. The Kier molecular flexibility index (Phi) is 9.49. The number of ether oxygens (including phenoxy) is 5. The van der Waals surface area contributed by atoms with Crippen LogP contribution in [0.15, 0.2) is 73.3 Å². The molecule has 0 aliphatic carbocycles. The van der Waals surface area contributed by atoms with Crippen molar-refractivity contribution in [1.82, 2.24) is 14.9 Å². The number of hydrogen-bond acceptors (Lipinski definition) is 12. The van der Waals surface area contributed by atoms with Crippen molar-refractivity contribution >= 4 is 21.7 Å². The number of primary amides is 1. The van der Waals surface area contributed by atoms with Crippen LogP contribution in [0, 0.1) is 16.1 Å². The zero-order valence-electron chi connectivity index (χ0n) is 26.4. The minimum atomic E-state index is -2.63. The number of carbonyl (C=O) groups is 2. The van der Waals surface area contributed by atoms with Gasteiger partial charge >= 0.3 is 6.09 Å². The van der Waals surface area contributed by atoms with Crippen molar-refractivity contribution in [3.8, 4) is 29.1 Å². The zero-order valence-corrected chi connectivity index (χ0v) is 27.2. The van der Waals surface area contributed by atoms with Gasteiger partial charge in [-0.1, -0.05) is 12.1 Å². The van der Waals surface area contributed by atoms with Gasteiger partial charge in [-0.15, -0.1) is 0 Å². The van der Waals surface area contributed by atoms with Gasteiger partial charge in [0.05, 0.1) is 30.0 Å². The van der Waals surface area contributed by atoms with Crippen molar-refractivity contribution in [2.45, 2.75) is 24.5 Å². The Morgan fingerprint density at radius 1 is 0.959 bits per heavy atom. The lowest BCUT2D eigenvalue weighted by molar-refractivity contribution is 0.0860. The first-order valence-corrected chi connectivity index (χ1v) is 17.3. The molecule has 0 saturated carbocycles. The van der Waals surface area contributed by atoms with Crippen molar-refractivity contribution < 1.29 is 37.5 Å². The molecule has 2 aromatic heterocycles. The Hall–Kier alpha value is -5.88. The van der Waals surface area contributed by atoms with Crippen molar-refractivity contribution in [2.75, 3.05) is 32.6 Å². The quantitative estimate of drug-likeness (QED) is 0.281. The second-order valence-corrected chi connectivity index (χ2v) is 13.8.